The van der Waals surface area contributed by atoms with Crippen LogP contribution in [0.2, 0.25) is 0 Å². The first kappa shape index (κ1) is 18.0. The van der Waals surface area contributed by atoms with Crippen LogP contribution in [0.4, 0.5) is 0 Å². The lowest BCUT2D eigenvalue weighted by molar-refractivity contribution is 0.0733. The Hall–Kier alpha value is -3.41. The van der Waals surface area contributed by atoms with Crippen molar-refractivity contribution in [3.05, 3.63) is 71.2 Å². The maximum Gasteiger partial charge on any atom is 0.254 e. The molecule has 6 heteroatoms. The highest BCUT2D eigenvalue weighted by Crippen LogP contribution is 2.30. The van der Waals surface area contributed by atoms with Gasteiger partial charge >= 0.3 is 0 Å². The number of nitrogens with zero attached hydrogens (tertiary/aromatic N) is 3. The number of rotatable bonds is 3. The fraction of sp³-hybridized carbons (Fsp3) is 0.227. The summed E-state index contributed by atoms with van der Waals surface area (Å²) in [5.41, 5.74) is 4.29. The second kappa shape index (κ2) is 7.31. The molecule has 0 fully saturated rings. The summed E-state index contributed by atoms with van der Waals surface area (Å²) in [5, 5.41) is 9.58. The zero-order chi connectivity index (χ0) is 19.7. The molecule has 3 aromatic rings. The van der Waals surface area contributed by atoms with Crippen molar-refractivity contribution >= 4 is 5.91 Å². The number of phenols is 1. The molecule has 6 nitrogen and oxygen atoms in total. The van der Waals surface area contributed by atoms with Gasteiger partial charge in [-0.05, 0) is 55.5 Å². The van der Waals surface area contributed by atoms with Crippen molar-refractivity contribution in [3.8, 4) is 22.8 Å². The third-order valence-electron chi connectivity index (χ3n) is 4.94. The molecule has 0 bridgehead atoms. The van der Waals surface area contributed by atoms with Crippen molar-refractivity contribution in [3.63, 3.8) is 0 Å². The summed E-state index contributed by atoms with van der Waals surface area (Å²) in [4.78, 5) is 24.0. The van der Waals surface area contributed by atoms with E-state index >= 15 is 0 Å². The number of carbonyl (C=O) groups excluding carboxylic acids is 1. The fourth-order valence-corrected chi connectivity index (χ4v) is 3.49. The summed E-state index contributed by atoms with van der Waals surface area (Å²) in [6.07, 6.45) is 0.686. The number of hydrogen-bond donors (Lipinski definition) is 1. The molecule has 0 saturated carbocycles. The maximum absolute atomic E-state index is 13.0. The normalized spacial score (nSPS) is 13.1. The van der Waals surface area contributed by atoms with Crippen LogP contribution in [0, 0.1) is 6.92 Å². The number of carbonyl (C=O) groups is 1. The first-order chi connectivity index (χ1) is 13.5. The van der Waals surface area contributed by atoms with E-state index in [1.165, 1.54) is 0 Å². The molecule has 28 heavy (non-hydrogen) atoms. The number of ether oxygens (including phenoxy) is 1. The quantitative estimate of drug-likeness (QED) is 0.760. The van der Waals surface area contributed by atoms with Crippen LogP contribution in [0.1, 0.15) is 27.4 Å². The lowest BCUT2D eigenvalue weighted by Gasteiger charge is -2.30. The fourth-order valence-electron chi connectivity index (χ4n) is 3.49. The van der Waals surface area contributed by atoms with Gasteiger partial charge < -0.3 is 14.7 Å². The summed E-state index contributed by atoms with van der Waals surface area (Å²) in [5.74, 6) is 1.61. The zero-order valence-electron chi connectivity index (χ0n) is 15.8. The predicted molar refractivity (Wildman–Crippen MR) is 105 cm³/mol. The Bertz CT molecular complexity index is 1010. The van der Waals surface area contributed by atoms with E-state index in [-0.39, 0.29) is 11.7 Å². The molecule has 1 aliphatic rings. The first-order valence-electron chi connectivity index (χ1n) is 9.14. The average Bonchev–Trinajstić information content (AvgIpc) is 2.73. The summed E-state index contributed by atoms with van der Waals surface area (Å²) >= 11 is 0. The van der Waals surface area contributed by atoms with Gasteiger partial charge in [0.15, 0.2) is 0 Å². The van der Waals surface area contributed by atoms with Gasteiger partial charge in [0.2, 0.25) is 0 Å². The topological polar surface area (TPSA) is 75.5 Å². The molecule has 0 radical (unpaired) electrons. The summed E-state index contributed by atoms with van der Waals surface area (Å²) in [6, 6.07) is 14.1. The van der Waals surface area contributed by atoms with Gasteiger partial charge in [-0.1, -0.05) is 0 Å². The largest absolute Gasteiger partial charge is 0.508 e. The van der Waals surface area contributed by atoms with Crippen LogP contribution in [0.25, 0.3) is 11.3 Å². The van der Waals surface area contributed by atoms with Crippen molar-refractivity contribution in [2.45, 2.75) is 19.9 Å². The second-order valence-electron chi connectivity index (χ2n) is 6.80. The van der Waals surface area contributed by atoms with E-state index in [9.17, 15) is 9.90 Å². The highest BCUT2D eigenvalue weighted by molar-refractivity contribution is 5.94. The molecule has 1 amide bonds. The van der Waals surface area contributed by atoms with Crippen molar-refractivity contribution < 1.29 is 14.6 Å². The van der Waals surface area contributed by atoms with E-state index in [0.29, 0.717) is 30.9 Å². The van der Waals surface area contributed by atoms with Gasteiger partial charge in [-0.15, -0.1) is 0 Å². The van der Waals surface area contributed by atoms with Crippen LogP contribution in [0.3, 0.4) is 0 Å². The van der Waals surface area contributed by atoms with E-state index in [4.69, 9.17) is 4.74 Å². The van der Waals surface area contributed by atoms with E-state index in [0.717, 1.165) is 28.3 Å². The van der Waals surface area contributed by atoms with Crippen LogP contribution in [0.5, 0.6) is 11.5 Å². The van der Waals surface area contributed by atoms with Crippen molar-refractivity contribution in [1.82, 2.24) is 14.9 Å². The van der Waals surface area contributed by atoms with Crippen LogP contribution in [0.15, 0.2) is 48.5 Å². The van der Waals surface area contributed by atoms with Gasteiger partial charge in [0.25, 0.3) is 5.91 Å². The summed E-state index contributed by atoms with van der Waals surface area (Å²) < 4.78 is 5.17. The second-order valence-corrected chi connectivity index (χ2v) is 6.80. The Morgan fingerprint density at radius 3 is 2.46 bits per heavy atom. The Kier molecular flexibility index (Phi) is 4.69. The molecular weight excluding hydrogens is 354 g/mol. The number of amides is 1. The monoisotopic (exact) mass is 375 g/mol. The SMILES string of the molecule is COc1ccc(C(=O)N2CCc3nc(C)nc(-c4ccc(O)cc4)c3C2)cc1. The Labute approximate surface area is 163 Å². The number of aromatic hydroxyl groups is 1. The number of fused-ring (bicyclic) bond motifs is 1. The molecule has 2 heterocycles. The van der Waals surface area contributed by atoms with Crippen LogP contribution < -0.4 is 4.74 Å². The summed E-state index contributed by atoms with van der Waals surface area (Å²) in [6.45, 7) is 2.94. The van der Waals surface area contributed by atoms with Crippen LogP contribution in [-0.2, 0) is 13.0 Å². The lowest BCUT2D eigenvalue weighted by atomic mass is 9.98. The van der Waals surface area contributed by atoms with Crippen LogP contribution in [-0.4, -0.2) is 39.5 Å². The molecule has 1 N–H and O–H groups in total. The highest BCUT2D eigenvalue weighted by Gasteiger charge is 2.26. The van der Waals surface area contributed by atoms with Crippen LogP contribution >= 0.6 is 0 Å². The van der Waals surface area contributed by atoms with Gasteiger partial charge in [-0.2, -0.15) is 0 Å². The standard InChI is InChI=1S/C22H21N3O3/c1-14-23-20-11-12-25(22(27)16-5-9-18(28-2)10-6-16)13-19(20)21(24-14)15-3-7-17(26)8-4-15/h3-10,26H,11-13H2,1-2H3. The minimum atomic E-state index is -0.0227. The molecule has 0 unspecified atom stereocenters. The number of hydrogen-bond acceptors (Lipinski definition) is 5. The molecule has 4 rings (SSSR count). The van der Waals surface area contributed by atoms with E-state index in [1.807, 2.05) is 24.0 Å². The smallest absolute Gasteiger partial charge is 0.254 e. The molecule has 0 aliphatic carbocycles. The molecule has 0 spiro atoms. The third kappa shape index (κ3) is 3.41. The predicted octanol–water partition coefficient (Wildman–Crippen LogP) is 3.36. The molecule has 142 valence electrons. The van der Waals surface area contributed by atoms with Gasteiger partial charge in [-0.25, -0.2) is 9.97 Å². The maximum atomic E-state index is 13.0. The van der Waals surface area contributed by atoms with Crippen molar-refractivity contribution in [2.75, 3.05) is 13.7 Å². The molecule has 1 aromatic heterocycles. The van der Waals surface area contributed by atoms with E-state index < -0.39 is 0 Å². The first-order valence-corrected chi connectivity index (χ1v) is 9.14. The van der Waals surface area contributed by atoms with Gasteiger partial charge in [0, 0.05) is 36.2 Å². The van der Waals surface area contributed by atoms with Crippen molar-refractivity contribution in [1.29, 1.82) is 0 Å². The van der Waals surface area contributed by atoms with Gasteiger partial charge in [0.1, 0.15) is 17.3 Å². The zero-order valence-corrected chi connectivity index (χ0v) is 15.8. The van der Waals surface area contributed by atoms with E-state index in [2.05, 4.69) is 9.97 Å². The Morgan fingerprint density at radius 1 is 1.07 bits per heavy atom. The minimum Gasteiger partial charge on any atom is -0.508 e. The summed E-state index contributed by atoms with van der Waals surface area (Å²) in [7, 11) is 1.60. The van der Waals surface area contributed by atoms with E-state index in [1.54, 1.807) is 43.5 Å². The molecule has 2 aromatic carbocycles. The molecule has 0 atom stereocenters. The van der Waals surface area contributed by atoms with Crippen molar-refractivity contribution in [2.24, 2.45) is 0 Å². The third-order valence-corrected chi connectivity index (χ3v) is 4.94. The number of phenolic OH excluding ortho intramolecular Hbond substituents is 1. The average molecular weight is 375 g/mol. The minimum absolute atomic E-state index is 0.0227. The number of aryl methyl sites for hydroxylation is 1. The van der Waals surface area contributed by atoms with Gasteiger partial charge in [-0.3, -0.25) is 4.79 Å². The Morgan fingerprint density at radius 2 is 1.79 bits per heavy atom. The van der Waals surface area contributed by atoms with Gasteiger partial charge in [0.05, 0.1) is 18.5 Å². The molecule has 0 saturated heterocycles. The highest BCUT2D eigenvalue weighted by atomic mass is 16.5. The molecule has 1 aliphatic heterocycles. The lowest BCUT2D eigenvalue weighted by Crippen LogP contribution is -2.37. The number of methoxy groups -OCH3 is 1. The Balaban J connectivity index is 1.67. The number of aromatic nitrogens is 2. The number of benzene rings is 2. The molecular formula is C22H21N3O3.